The molecular weight excluding hydrogens is 258 g/mol. The van der Waals surface area contributed by atoms with Gasteiger partial charge >= 0.3 is 5.82 Å². The van der Waals surface area contributed by atoms with Crippen molar-refractivity contribution in [1.29, 1.82) is 0 Å². The number of hydrogen-bond donors (Lipinski definition) is 1. The number of anilines is 1. The molecule has 110 valence electrons. The van der Waals surface area contributed by atoms with Gasteiger partial charge in [-0.25, -0.2) is 0 Å². The van der Waals surface area contributed by atoms with Crippen LogP contribution in [0.15, 0.2) is 18.3 Å². The van der Waals surface area contributed by atoms with E-state index in [2.05, 4.69) is 24.1 Å². The number of pyridine rings is 1. The van der Waals surface area contributed by atoms with E-state index in [0.29, 0.717) is 12.3 Å². The molecule has 1 saturated heterocycles. The third-order valence-corrected chi connectivity index (χ3v) is 4.10. The molecule has 0 aliphatic carbocycles. The number of aromatic nitrogens is 1. The lowest BCUT2D eigenvalue weighted by Gasteiger charge is -2.40. The van der Waals surface area contributed by atoms with Crippen molar-refractivity contribution in [1.82, 2.24) is 4.98 Å². The summed E-state index contributed by atoms with van der Waals surface area (Å²) < 4.78 is 5.92. The van der Waals surface area contributed by atoms with Crippen LogP contribution < -0.4 is 5.32 Å². The Bertz CT molecular complexity index is 474. The number of rotatable bonds is 5. The van der Waals surface area contributed by atoms with Crippen LogP contribution in [0.4, 0.5) is 11.5 Å². The Balaban J connectivity index is 2.12. The topological polar surface area (TPSA) is 77.3 Å². The van der Waals surface area contributed by atoms with E-state index in [1.807, 2.05) is 0 Å². The van der Waals surface area contributed by atoms with Gasteiger partial charge in [0.25, 0.3) is 0 Å². The van der Waals surface area contributed by atoms with Gasteiger partial charge in [0, 0.05) is 12.6 Å². The highest BCUT2D eigenvalue weighted by atomic mass is 16.6. The summed E-state index contributed by atoms with van der Waals surface area (Å²) in [6.45, 7) is 4.93. The Kier molecular flexibility index (Phi) is 4.54. The maximum absolute atomic E-state index is 11.0. The first-order valence-electron chi connectivity index (χ1n) is 7.10. The first-order chi connectivity index (χ1) is 9.60. The Morgan fingerprint density at radius 3 is 2.95 bits per heavy atom. The molecule has 1 aliphatic rings. The minimum Gasteiger partial charge on any atom is -0.375 e. The summed E-state index contributed by atoms with van der Waals surface area (Å²) in [5.41, 5.74) is 0.387. The van der Waals surface area contributed by atoms with Gasteiger partial charge in [-0.1, -0.05) is 13.8 Å². The van der Waals surface area contributed by atoms with Crippen molar-refractivity contribution in [3.8, 4) is 0 Å². The second-order valence-corrected chi connectivity index (χ2v) is 5.20. The Hall–Kier alpha value is -1.69. The highest BCUT2D eigenvalue weighted by Crippen LogP contribution is 2.33. The lowest BCUT2D eigenvalue weighted by atomic mass is 9.86. The van der Waals surface area contributed by atoms with Gasteiger partial charge in [-0.2, -0.15) is 0 Å². The predicted octanol–water partition coefficient (Wildman–Crippen LogP) is 3.14. The molecule has 6 nitrogen and oxygen atoms in total. The molecule has 0 spiro atoms. The number of nitrogens with zero attached hydrogens (tertiary/aromatic N) is 2. The third kappa shape index (κ3) is 3.07. The van der Waals surface area contributed by atoms with Crippen LogP contribution in [0.5, 0.6) is 0 Å². The minimum atomic E-state index is -0.450. The first kappa shape index (κ1) is 14.7. The Morgan fingerprint density at radius 2 is 2.30 bits per heavy atom. The lowest BCUT2D eigenvalue weighted by molar-refractivity contribution is -0.388. The van der Waals surface area contributed by atoms with Crippen LogP contribution in [0.25, 0.3) is 0 Å². The molecule has 1 fully saturated rings. The molecule has 1 atom stereocenters. The minimum absolute atomic E-state index is 0.104. The van der Waals surface area contributed by atoms with E-state index in [1.54, 1.807) is 12.1 Å². The van der Waals surface area contributed by atoms with Gasteiger partial charge < -0.3 is 20.2 Å². The van der Waals surface area contributed by atoms with Crippen LogP contribution >= 0.6 is 0 Å². The smallest absolute Gasteiger partial charge is 0.375 e. The summed E-state index contributed by atoms with van der Waals surface area (Å²) >= 11 is 0. The van der Waals surface area contributed by atoms with Gasteiger partial charge in [0.05, 0.1) is 5.60 Å². The molecule has 1 aliphatic heterocycles. The molecule has 0 aromatic carbocycles. The van der Waals surface area contributed by atoms with Gasteiger partial charge in [0.1, 0.15) is 11.9 Å². The standard InChI is InChI=1S/C14H21N3O3/c1-3-14(4-2)10-11(7-9-20-14)16-12-6-5-8-15-13(12)17(18)19/h5-6,8,11,16H,3-4,7,9-10H2,1-2H3. The summed E-state index contributed by atoms with van der Waals surface area (Å²) in [6, 6.07) is 3.60. The van der Waals surface area contributed by atoms with E-state index in [1.165, 1.54) is 6.20 Å². The van der Waals surface area contributed by atoms with Crippen LogP contribution in [0.3, 0.4) is 0 Å². The molecule has 1 aromatic rings. The van der Waals surface area contributed by atoms with E-state index in [0.717, 1.165) is 25.7 Å². The zero-order valence-electron chi connectivity index (χ0n) is 12.0. The average molecular weight is 279 g/mol. The molecule has 20 heavy (non-hydrogen) atoms. The lowest BCUT2D eigenvalue weighted by Crippen LogP contribution is -2.43. The number of nitro groups is 1. The van der Waals surface area contributed by atoms with E-state index in [9.17, 15) is 10.1 Å². The van der Waals surface area contributed by atoms with Crippen molar-refractivity contribution in [3.05, 3.63) is 28.4 Å². The van der Waals surface area contributed by atoms with Crippen LogP contribution in [-0.2, 0) is 4.74 Å². The predicted molar refractivity (Wildman–Crippen MR) is 76.8 cm³/mol. The zero-order valence-corrected chi connectivity index (χ0v) is 12.0. The van der Waals surface area contributed by atoms with Crippen molar-refractivity contribution < 1.29 is 9.66 Å². The van der Waals surface area contributed by atoms with Gasteiger partial charge in [-0.05, 0) is 47.7 Å². The summed E-state index contributed by atoms with van der Waals surface area (Å²) in [5, 5.41) is 14.3. The monoisotopic (exact) mass is 279 g/mol. The van der Waals surface area contributed by atoms with Crippen molar-refractivity contribution in [2.24, 2.45) is 0 Å². The molecule has 0 amide bonds. The fourth-order valence-electron chi connectivity index (χ4n) is 2.77. The van der Waals surface area contributed by atoms with Crippen molar-refractivity contribution >= 4 is 11.5 Å². The van der Waals surface area contributed by atoms with Crippen LogP contribution in [0.2, 0.25) is 0 Å². The SMILES string of the molecule is CCC1(CC)CC(Nc2cccnc2[N+](=O)[O-])CCO1. The summed E-state index contributed by atoms with van der Waals surface area (Å²) in [6.07, 6.45) is 5.07. The second-order valence-electron chi connectivity index (χ2n) is 5.20. The summed E-state index contributed by atoms with van der Waals surface area (Å²) in [4.78, 5) is 14.4. The summed E-state index contributed by atoms with van der Waals surface area (Å²) in [7, 11) is 0. The van der Waals surface area contributed by atoms with Crippen molar-refractivity contribution in [2.75, 3.05) is 11.9 Å². The molecule has 1 unspecified atom stereocenters. The molecule has 0 bridgehead atoms. The largest absolute Gasteiger partial charge is 0.386 e. The van der Waals surface area contributed by atoms with E-state index >= 15 is 0 Å². The van der Waals surface area contributed by atoms with Crippen molar-refractivity contribution in [2.45, 2.75) is 51.2 Å². The van der Waals surface area contributed by atoms with E-state index < -0.39 is 4.92 Å². The van der Waals surface area contributed by atoms with Gasteiger partial charge in [0.2, 0.25) is 0 Å². The average Bonchev–Trinajstić information content (AvgIpc) is 2.47. The number of nitrogens with one attached hydrogen (secondary N) is 1. The van der Waals surface area contributed by atoms with Gasteiger partial charge in [-0.3, -0.25) is 0 Å². The molecule has 2 heterocycles. The number of hydrogen-bond acceptors (Lipinski definition) is 5. The fourth-order valence-corrected chi connectivity index (χ4v) is 2.77. The first-order valence-corrected chi connectivity index (χ1v) is 7.10. The molecule has 6 heteroatoms. The molecule has 0 radical (unpaired) electrons. The maximum Gasteiger partial charge on any atom is 0.386 e. The maximum atomic E-state index is 11.0. The molecular formula is C14H21N3O3. The summed E-state index contributed by atoms with van der Waals surface area (Å²) in [5.74, 6) is -0.113. The van der Waals surface area contributed by atoms with Crippen molar-refractivity contribution in [3.63, 3.8) is 0 Å². The molecule has 0 saturated carbocycles. The number of ether oxygens (including phenoxy) is 1. The molecule has 1 aromatic heterocycles. The zero-order chi connectivity index (χ0) is 14.6. The molecule has 2 rings (SSSR count). The van der Waals surface area contributed by atoms with Crippen LogP contribution in [0, 0.1) is 10.1 Å². The third-order valence-electron chi connectivity index (χ3n) is 4.10. The normalized spacial score (nSPS) is 21.4. The molecule has 1 N–H and O–H groups in total. The fraction of sp³-hybridized carbons (Fsp3) is 0.643. The van der Waals surface area contributed by atoms with E-state index in [4.69, 9.17) is 4.74 Å². The van der Waals surface area contributed by atoms with Gasteiger partial charge in [0.15, 0.2) is 0 Å². The van der Waals surface area contributed by atoms with Crippen LogP contribution in [0.1, 0.15) is 39.5 Å². The quantitative estimate of drug-likeness (QED) is 0.661. The Morgan fingerprint density at radius 1 is 1.55 bits per heavy atom. The highest BCUT2D eigenvalue weighted by Gasteiger charge is 2.35. The highest BCUT2D eigenvalue weighted by molar-refractivity contribution is 5.57. The Labute approximate surface area is 118 Å². The second kappa shape index (κ2) is 6.17. The van der Waals surface area contributed by atoms with Crippen LogP contribution in [-0.4, -0.2) is 28.2 Å². The van der Waals surface area contributed by atoms with E-state index in [-0.39, 0.29) is 17.5 Å². The van der Waals surface area contributed by atoms with Gasteiger partial charge in [-0.15, -0.1) is 0 Å².